The fraction of sp³-hybridized carbons (Fsp3) is 0.500. The van der Waals surface area contributed by atoms with Gasteiger partial charge in [0, 0.05) is 37.2 Å². The second-order valence-corrected chi connectivity index (χ2v) is 6.53. The van der Waals surface area contributed by atoms with Crippen molar-refractivity contribution in [3.8, 4) is 6.07 Å². The molecule has 1 aromatic heterocycles. The topological polar surface area (TPSA) is 77.8 Å². The molecule has 0 spiro atoms. The zero-order chi connectivity index (χ0) is 17.4. The van der Waals surface area contributed by atoms with Gasteiger partial charge in [-0.1, -0.05) is 0 Å². The molecule has 0 bridgehead atoms. The molecular weight excluding hydrogens is 356 g/mol. The van der Waals surface area contributed by atoms with Crippen LogP contribution >= 0.6 is 24.7 Å². The second-order valence-electron chi connectivity index (χ2n) is 5.29. The largest absolute Gasteiger partial charge is 0.363 e. The Morgan fingerprint density at radius 3 is 2.67 bits per heavy atom. The number of nitrogens with one attached hydrogen (secondary N) is 1. The van der Waals surface area contributed by atoms with Gasteiger partial charge >= 0.3 is 0 Å². The average Bonchev–Trinajstić information content (AvgIpc) is 2.75. The molecule has 2 rings (SSSR count). The third-order valence-corrected chi connectivity index (χ3v) is 5.04. The number of nitrogens with zero attached hydrogens (tertiary/aromatic N) is 4. The van der Waals surface area contributed by atoms with E-state index in [0.717, 1.165) is 3.71 Å². The Labute approximate surface area is 148 Å². The van der Waals surface area contributed by atoms with E-state index in [1.54, 1.807) is 18.3 Å². The van der Waals surface area contributed by atoms with Gasteiger partial charge in [0.2, 0.25) is 0 Å². The Bertz CT molecular complexity index is 626. The summed E-state index contributed by atoms with van der Waals surface area (Å²) in [7, 11) is 1.54. The van der Waals surface area contributed by atoms with Gasteiger partial charge in [0.25, 0.3) is 0 Å². The number of halogens is 2. The molecule has 10 heteroatoms. The maximum absolute atomic E-state index is 12.9. The normalized spacial score (nSPS) is 23.2. The van der Waals surface area contributed by atoms with E-state index in [-0.39, 0.29) is 36.4 Å². The van der Waals surface area contributed by atoms with Crippen LogP contribution in [0.15, 0.2) is 24.5 Å². The predicted octanol–water partition coefficient (Wildman–Crippen LogP) is 4.37. The zero-order valence-electron chi connectivity index (χ0n) is 13.0. The first-order valence-electron chi connectivity index (χ1n) is 7.25. The van der Waals surface area contributed by atoms with E-state index in [2.05, 4.69) is 21.3 Å². The lowest BCUT2D eigenvalue weighted by atomic mass is 9.78. The van der Waals surface area contributed by atoms with Crippen molar-refractivity contribution in [3.05, 3.63) is 30.2 Å². The monoisotopic (exact) mass is 373 g/mol. The van der Waals surface area contributed by atoms with Gasteiger partial charge in [-0.25, -0.2) is 0 Å². The molecule has 1 aliphatic rings. The molecule has 24 heavy (non-hydrogen) atoms. The molecule has 1 saturated carbocycles. The van der Waals surface area contributed by atoms with E-state index >= 15 is 0 Å². The van der Waals surface area contributed by atoms with E-state index in [4.69, 9.17) is 4.74 Å². The highest BCUT2D eigenvalue weighted by Crippen LogP contribution is 2.39. The molecule has 0 aromatic carbocycles. The summed E-state index contributed by atoms with van der Waals surface area (Å²) in [5.41, 5.74) is -0.0791. The van der Waals surface area contributed by atoms with Crippen molar-refractivity contribution in [1.82, 2.24) is 15.2 Å². The van der Waals surface area contributed by atoms with Crippen molar-refractivity contribution < 1.29 is 12.5 Å². The molecule has 0 atom stereocenters. The van der Waals surface area contributed by atoms with E-state index in [1.165, 1.54) is 13.3 Å². The van der Waals surface area contributed by atoms with Crippen molar-refractivity contribution in [3.63, 3.8) is 0 Å². The van der Waals surface area contributed by atoms with Gasteiger partial charge in [-0.15, -0.1) is 7.77 Å². The summed E-state index contributed by atoms with van der Waals surface area (Å²) in [4.78, 5) is 4.38. The van der Waals surface area contributed by atoms with E-state index < -0.39 is 5.60 Å². The van der Waals surface area contributed by atoms with Crippen molar-refractivity contribution in [2.75, 3.05) is 10.8 Å². The van der Waals surface area contributed by atoms with Crippen LogP contribution in [0.25, 0.3) is 0 Å². The van der Waals surface area contributed by atoms with Gasteiger partial charge < -0.3 is 4.74 Å². The van der Waals surface area contributed by atoms with Crippen molar-refractivity contribution in [2.24, 2.45) is 0 Å². The predicted molar refractivity (Wildman–Crippen MR) is 90.4 cm³/mol. The molecule has 1 aromatic rings. The van der Waals surface area contributed by atoms with Gasteiger partial charge in [0.1, 0.15) is 5.82 Å². The Kier molecular flexibility index (Phi) is 7.08. The maximum atomic E-state index is 12.9. The van der Waals surface area contributed by atoms with E-state index in [0.29, 0.717) is 31.4 Å². The van der Waals surface area contributed by atoms with Crippen LogP contribution in [-0.4, -0.2) is 27.9 Å². The summed E-state index contributed by atoms with van der Waals surface area (Å²) >= 11 is -0.534. The summed E-state index contributed by atoms with van der Waals surface area (Å²) < 4.78 is 31.8. The minimum absolute atomic E-state index is 0.0669. The quantitative estimate of drug-likeness (QED) is 0.768. The third kappa shape index (κ3) is 4.49. The average molecular weight is 373 g/mol. The lowest BCUT2D eigenvalue weighted by Crippen LogP contribution is -2.34. The number of hydrogen-bond donors (Lipinski definition) is 1. The van der Waals surface area contributed by atoms with Gasteiger partial charge in [-0.2, -0.15) is 14.1 Å². The Balaban J connectivity index is 2.32. The summed E-state index contributed by atoms with van der Waals surface area (Å²) in [6.45, 7) is 0. The highest BCUT2D eigenvalue weighted by atomic mass is 32.3. The number of anilines is 1. The lowest BCUT2D eigenvalue weighted by Gasteiger charge is -2.33. The number of hydrogen-bond acceptors (Lipinski definition) is 7. The summed E-state index contributed by atoms with van der Waals surface area (Å²) in [5, 5.41) is 15.7. The fourth-order valence-electron chi connectivity index (χ4n) is 2.67. The van der Waals surface area contributed by atoms with Crippen molar-refractivity contribution in [1.29, 1.82) is 5.26 Å². The SMILES string of the molecule is COC1(C#N)CCC(c2cc(N(SF)SF)[nH]ncccn2)CC1. The first-order chi connectivity index (χ1) is 11.7. The fourth-order valence-corrected chi connectivity index (χ4v) is 3.09. The maximum Gasteiger partial charge on any atom is 0.179 e. The molecule has 130 valence electrons. The van der Waals surface area contributed by atoms with Crippen LogP contribution < -0.4 is 3.71 Å². The molecule has 1 aliphatic carbocycles. The van der Waals surface area contributed by atoms with Crippen LogP contribution in [0.4, 0.5) is 13.6 Å². The van der Waals surface area contributed by atoms with Gasteiger partial charge in [0.05, 0.1) is 6.07 Å². The molecule has 0 amide bonds. The van der Waals surface area contributed by atoms with Crippen molar-refractivity contribution >= 4 is 30.5 Å². The Hall–Kier alpha value is -1.57. The minimum Gasteiger partial charge on any atom is -0.363 e. The summed E-state index contributed by atoms with van der Waals surface area (Å²) in [6.07, 6.45) is 5.59. The number of H-pyrrole nitrogens is 1. The zero-order valence-corrected chi connectivity index (χ0v) is 14.6. The van der Waals surface area contributed by atoms with E-state index in [1.807, 2.05) is 0 Å². The number of rotatable bonds is 5. The van der Waals surface area contributed by atoms with E-state index in [9.17, 15) is 13.0 Å². The molecule has 0 aliphatic heterocycles. The van der Waals surface area contributed by atoms with Crippen LogP contribution in [0.1, 0.15) is 37.3 Å². The molecular formula is C14H17F2N5OS2. The number of aromatic amines is 1. The first-order valence-corrected chi connectivity index (χ1v) is 8.60. The van der Waals surface area contributed by atoms with Gasteiger partial charge in [-0.3, -0.25) is 10.1 Å². The second kappa shape index (κ2) is 9.05. The van der Waals surface area contributed by atoms with Gasteiger partial charge in [-0.05, 0) is 31.7 Å². The number of aromatic nitrogens is 3. The van der Waals surface area contributed by atoms with Crippen LogP contribution in [0.2, 0.25) is 0 Å². The molecule has 1 fully saturated rings. The summed E-state index contributed by atoms with van der Waals surface area (Å²) in [6, 6.07) is 5.42. The minimum atomic E-state index is -0.755. The smallest absolute Gasteiger partial charge is 0.179 e. The van der Waals surface area contributed by atoms with Crippen LogP contribution in [0.3, 0.4) is 0 Å². The first kappa shape index (κ1) is 18.8. The lowest BCUT2D eigenvalue weighted by molar-refractivity contribution is 0.00408. The standard InChI is InChI=1S/C14H17F2N5OS2/c1-22-14(10-17)5-3-11(4-6-14)12-9-13(21(23-15)24-16)20-19-8-2-7-18-12/h2,7-9,11,20H,3-6H2,1H3. The summed E-state index contributed by atoms with van der Waals surface area (Å²) in [5.74, 6) is 0.204. The van der Waals surface area contributed by atoms with Crippen molar-refractivity contribution in [2.45, 2.75) is 37.2 Å². The molecule has 6 nitrogen and oxygen atoms in total. The van der Waals surface area contributed by atoms with Crippen LogP contribution in [0, 0.1) is 11.3 Å². The highest BCUT2D eigenvalue weighted by molar-refractivity contribution is 8.13. The number of nitriles is 1. The molecule has 0 radical (unpaired) electrons. The molecule has 0 unspecified atom stereocenters. The van der Waals surface area contributed by atoms with Crippen LogP contribution in [0.5, 0.6) is 0 Å². The number of methoxy groups -OCH3 is 1. The van der Waals surface area contributed by atoms with Crippen LogP contribution in [-0.2, 0) is 4.74 Å². The Morgan fingerprint density at radius 2 is 2.08 bits per heavy atom. The Morgan fingerprint density at radius 1 is 1.38 bits per heavy atom. The molecule has 0 saturated heterocycles. The highest BCUT2D eigenvalue weighted by Gasteiger charge is 2.36. The molecule has 1 heterocycles. The number of ether oxygens (including phenoxy) is 1. The third-order valence-electron chi connectivity index (χ3n) is 4.06. The molecule has 1 N–H and O–H groups in total. The van der Waals surface area contributed by atoms with Gasteiger partial charge in [0.15, 0.2) is 30.3 Å².